The molecule has 9 heteroatoms. The van der Waals surface area contributed by atoms with E-state index in [-0.39, 0.29) is 18.6 Å². The fraction of sp³-hybridized carbons (Fsp3) is 0.319. The lowest BCUT2D eigenvalue weighted by atomic mass is 9.59. The lowest BCUT2D eigenvalue weighted by Gasteiger charge is -2.53. The van der Waals surface area contributed by atoms with Crippen molar-refractivity contribution < 1.29 is 43.6 Å². The molecule has 0 saturated heterocycles. The van der Waals surface area contributed by atoms with Crippen molar-refractivity contribution in [2.24, 2.45) is 29.1 Å². The number of aliphatic hydroxyl groups is 2. The highest BCUT2D eigenvalue weighted by atomic mass is 16.6. The average Bonchev–Trinajstić information content (AvgIpc) is 3.62. The number of esters is 3. The Labute approximate surface area is 326 Å². The molecule has 0 bridgehead atoms. The standard InChI is InChI=1S/C47H46O9/c1-30-26-37-45(52,42(30)51)28-35(29-54-38(48)23-20-32-14-8-5-9-15-32)27-36-41-44(3,4)47(41,56-40(50)25-22-34-18-12-7-13-19-34)43(31(2)46(36,37)53)55-39(49)24-21-33-16-10-6-11-17-33/h5-27,31,36-37,41,43,52-53H,28-29H2,1-4H3. The predicted octanol–water partition coefficient (Wildman–Crippen LogP) is 6.72. The van der Waals surface area contributed by atoms with E-state index in [0.717, 1.165) is 16.7 Å². The van der Waals surface area contributed by atoms with Gasteiger partial charge in [-0.05, 0) is 53.0 Å². The first-order valence-electron chi connectivity index (χ1n) is 18.9. The molecule has 8 atom stereocenters. The van der Waals surface area contributed by atoms with E-state index in [9.17, 15) is 29.4 Å². The summed E-state index contributed by atoms with van der Waals surface area (Å²) >= 11 is 0. The van der Waals surface area contributed by atoms with Crippen molar-refractivity contribution in [3.05, 3.63) is 149 Å². The topological polar surface area (TPSA) is 136 Å². The van der Waals surface area contributed by atoms with Crippen molar-refractivity contribution in [1.29, 1.82) is 0 Å². The molecule has 7 rings (SSSR count). The summed E-state index contributed by atoms with van der Waals surface area (Å²) in [4.78, 5) is 54.2. The van der Waals surface area contributed by atoms with Crippen molar-refractivity contribution in [3.63, 3.8) is 0 Å². The van der Waals surface area contributed by atoms with Crippen molar-refractivity contribution >= 4 is 41.9 Å². The maximum Gasteiger partial charge on any atom is 0.331 e. The number of hydrogen-bond acceptors (Lipinski definition) is 9. The van der Waals surface area contributed by atoms with Crippen LogP contribution in [0.5, 0.6) is 0 Å². The van der Waals surface area contributed by atoms with Gasteiger partial charge in [0.2, 0.25) is 0 Å². The monoisotopic (exact) mass is 754 g/mol. The van der Waals surface area contributed by atoms with Crippen molar-refractivity contribution in [2.75, 3.05) is 6.61 Å². The first-order chi connectivity index (χ1) is 26.7. The molecule has 9 nitrogen and oxygen atoms in total. The Kier molecular flexibility index (Phi) is 10.2. The second kappa shape index (κ2) is 14.8. The molecule has 0 radical (unpaired) electrons. The van der Waals surface area contributed by atoms with Gasteiger partial charge in [0.05, 0.1) is 5.60 Å². The Morgan fingerprint density at radius 3 is 1.79 bits per heavy atom. The molecular formula is C47H46O9. The highest BCUT2D eigenvalue weighted by Gasteiger charge is 2.88. The molecule has 4 aliphatic rings. The maximum atomic E-state index is 13.8. The first kappa shape index (κ1) is 38.6. The van der Waals surface area contributed by atoms with Crippen LogP contribution < -0.4 is 0 Å². The quantitative estimate of drug-likeness (QED) is 0.100. The van der Waals surface area contributed by atoms with Gasteiger partial charge in [0, 0.05) is 53.7 Å². The Balaban J connectivity index is 1.28. The second-order valence-electron chi connectivity index (χ2n) is 15.9. The normalized spacial score (nSPS) is 31.5. The van der Waals surface area contributed by atoms with Gasteiger partial charge >= 0.3 is 17.9 Å². The van der Waals surface area contributed by atoms with Crippen molar-refractivity contribution in [2.45, 2.75) is 57.0 Å². The summed E-state index contributed by atoms with van der Waals surface area (Å²) in [7, 11) is 0. The molecule has 3 aromatic carbocycles. The van der Waals surface area contributed by atoms with E-state index >= 15 is 0 Å². The Morgan fingerprint density at radius 2 is 1.25 bits per heavy atom. The summed E-state index contributed by atoms with van der Waals surface area (Å²) in [6.45, 7) is 6.82. The first-order valence-corrected chi connectivity index (χ1v) is 18.9. The van der Waals surface area contributed by atoms with E-state index in [0.29, 0.717) is 5.57 Å². The van der Waals surface area contributed by atoms with Crippen LogP contribution in [-0.4, -0.2) is 63.4 Å². The van der Waals surface area contributed by atoms with Gasteiger partial charge in [0.25, 0.3) is 0 Å². The van der Waals surface area contributed by atoms with Gasteiger partial charge in [-0.2, -0.15) is 0 Å². The number of Topliss-reactive ketones (excluding diaryl/α,β-unsaturated/α-hetero) is 1. The highest BCUT2D eigenvalue weighted by molar-refractivity contribution is 6.05. The summed E-state index contributed by atoms with van der Waals surface area (Å²) in [6.07, 6.45) is 10.8. The minimum Gasteiger partial charge on any atom is -0.458 e. The highest BCUT2D eigenvalue weighted by Crippen LogP contribution is 2.77. The summed E-state index contributed by atoms with van der Waals surface area (Å²) in [5.74, 6) is -6.16. The molecule has 2 N–H and O–H groups in total. The van der Waals surface area contributed by atoms with Gasteiger partial charge in [0.15, 0.2) is 11.4 Å². The van der Waals surface area contributed by atoms with Crippen LogP contribution in [0.25, 0.3) is 18.2 Å². The van der Waals surface area contributed by atoms with Gasteiger partial charge in [-0.3, -0.25) is 4.79 Å². The molecule has 0 aromatic heterocycles. The van der Waals surface area contributed by atoms with Gasteiger partial charge in [0.1, 0.15) is 18.3 Å². The predicted molar refractivity (Wildman–Crippen MR) is 211 cm³/mol. The summed E-state index contributed by atoms with van der Waals surface area (Å²) < 4.78 is 18.4. The smallest absolute Gasteiger partial charge is 0.331 e. The maximum absolute atomic E-state index is 13.8. The fourth-order valence-corrected chi connectivity index (χ4v) is 9.58. The van der Waals surface area contributed by atoms with Crippen LogP contribution in [0.1, 0.15) is 50.8 Å². The molecule has 0 amide bonds. The lowest BCUT2D eigenvalue weighted by Crippen LogP contribution is -2.66. The van der Waals surface area contributed by atoms with Gasteiger partial charge in [-0.1, -0.05) is 124 Å². The van der Waals surface area contributed by atoms with E-state index in [1.165, 1.54) is 18.2 Å². The second-order valence-corrected chi connectivity index (χ2v) is 15.9. The zero-order chi connectivity index (χ0) is 39.9. The molecule has 0 spiro atoms. The van der Waals surface area contributed by atoms with Crippen LogP contribution in [-0.2, 0) is 33.4 Å². The third kappa shape index (κ3) is 6.69. The third-order valence-corrected chi connectivity index (χ3v) is 12.3. The SMILES string of the molecule is CC1=CC2C(O)(CC(COC(=O)C=Cc3ccccc3)=CC3C4C(C)(C)C4(OC(=O)C=Cc4ccccc4)C(OC(=O)C=Cc4ccccc4)C(C)C32O)C1=O. The lowest BCUT2D eigenvalue weighted by molar-refractivity contribution is -0.225. The summed E-state index contributed by atoms with van der Waals surface area (Å²) in [5.41, 5.74) is -3.23. The Morgan fingerprint density at radius 1 is 0.750 bits per heavy atom. The van der Waals surface area contributed by atoms with Crippen LogP contribution in [0.4, 0.5) is 0 Å². The number of ether oxygens (including phenoxy) is 3. The molecule has 0 aliphatic heterocycles. The minimum atomic E-state index is -2.09. The number of rotatable bonds is 10. The molecule has 0 heterocycles. The van der Waals surface area contributed by atoms with Crippen LogP contribution in [0, 0.1) is 29.1 Å². The molecule has 56 heavy (non-hydrogen) atoms. The van der Waals surface area contributed by atoms with E-state index in [4.69, 9.17) is 14.2 Å². The van der Waals surface area contributed by atoms with E-state index in [1.54, 1.807) is 44.2 Å². The van der Waals surface area contributed by atoms with E-state index in [1.807, 2.05) is 105 Å². The Bertz CT molecular complexity index is 2170. The number of ketones is 1. The summed E-state index contributed by atoms with van der Waals surface area (Å²) in [6, 6.07) is 27.7. The molecule has 288 valence electrons. The zero-order valence-electron chi connectivity index (χ0n) is 31.8. The van der Waals surface area contributed by atoms with E-state index in [2.05, 4.69) is 0 Å². The van der Waals surface area contributed by atoms with Gasteiger partial charge in [-0.25, -0.2) is 14.4 Å². The molecule has 3 aromatic rings. The molecule has 2 saturated carbocycles. The van der Waals surface area contributed by atoms with Crippen LogP contribution in [0.2, 0.25) is 0 Å². The molecular weight excluding hydrogens is 709 g/mol. The van der Waals surface area contributed by atoms with Gasteiger partial charge in [-0.15, -0.1) is 0 Å². The molecule has 4 aliphatic carbocycles. The fourth-order valence-electron chi connectivity index (χ4n) is 9.58. The third-order valence-electron chi connectivity index (χ3n) is 12.3. The van der Waals surface area contributed by atoms with Crippen LogP contribution >= 0.6 is 0 Å². The van der Waals surface area contributed by atoms with Crippen LogP contribution in [0.15, 0.2) is 133 Å². The molecule has 2 fully saturated rings. The Hall–Kier alpha value is -5.64. The van der Waals surface area contributed by atoms with Crippen molar-refractivity contribution in [3.8, 4) is 0 Å². The van der Waals surface area contributed by atoms with Crippen LogP contribution in [0.3, 0.4) is 0 Å². The van der Waals surface area contributed by atoms with E-state index < -0.39 is 75.7 Å². The average molecular weight is 755 g/mol. The largest absolute Gasteiger partial charge is 0.458 e. The van der Waals surface area contributed by atoms with Gasteiger partial charge < -0.3 is 24.4 Å². The number of carbonyl (C=O) groups is 4. The summed E-state index contributed by atoms with van der Waals surface area (Å²) in [5, 5.41) is 25.6. The number of carbonyl (C=O) groups excluding carboxylic acids is 4. The zero-order valence-corrected chi connectivity index (χ0v) is 31.8. The molecule has 8 unspecified atom stereocenters. The number of benzene rings is 3. The number of hydrogen-bond donors (Lipinski definition) is 2. The minimum absolute atomic E-state index is 0.213. The van der Waals surface area contributed by atoms with Crippen molar-refractivity contribution in [1.82, 2.24) is 0 Å². The number of fused-ring (bicyclic) bond motifs is 5.